The number of carbonyl (C=O) groups is 1. The van der Waals surface area contributed by atoms with Gasteiger partial charge in [-0.2, -0.15) is 0 Å². The Hall–Kier alpha value is -1.43. The molecule has 1 fully saturated rings. The molecule has 2 unspecified atom stereocenters. The summed E-state index contributed by atoms with van der Waals surface area (Å²) in [5.41, 5.74) is 8.81. The zero-order valence-corrected chi connectivity index (χ0v) is 14.5. The molecule has 128 valence electrons. The van der Waals surface area contributed by atoms with E-state index >= 15 is 0 Å². The summed E-state index contributed by atoms with van der Waals surface area (Å²) in [7, 11) is 1.67. The van der Waals surface area contributed by atoms with Crippen molar-refractivity contribution in [3.63, 3.8) is 0 Å². The molecule has 2 N–H and O–H groups in total. The maximum Gasteiger partial charge on any atom is 0.241 e. The van der Waals surface area contributed by atoms with Crippen LogP contribution in [0, 0.1) is 6.92 Å². The number of hydrazine groups is 1. The lowest BCUT2D eigenvalue weighted by Gasteiger charge is -2.26. The van der Waals surface area contributed by atoms with Crippen molar-refractivity contribution < 1.29 is 9.53 Å². The Morgan fingerprint density at radius 1 is 1.35 bits per heavy atom. The second kappa shape index (κ2) is 9.01. The minimum absolute atomic E-state index is 0.146. The molecule has 1 heterocycles. The van der Waals surface area contributed by atoms with Gasteiger partial charge in [-0.05, 0) is 30.9 Å². The lowest BCUT2D eigenvalue weighted by Crippen LogP contribution is -2.46. The van der Waals surface area contributed by atoms with Crippen LogP contribution in [0.15, 0.2) is 24.3 Å². The first-order valence-corrected chi connectivity index (χ1v) is 8.49. The second-order valence-electron chi connectivity index (χ2n) is 6.24. The zero-order chi connectivity index (χ0) is 16.7. The third-order valence-electron chi connectivity index (χ3n) is 4.42. The average Bonchev–Trinajstić information content (AvgIpc) is 3.01. The summed E-state index contributed by atoms with van der Waals surface area (Å²) in [4.78, 5) is 14.8. The smallest absolute Gasteiger partial charge is 0.241 e. The molecule has 0 spiro atoms. The Labute approximate surface area is 139 Å². The molecule has 1 amide bonds. The SMILES string of the molecule is CCCC1CC(C(=O)N(CCOC)Cc2ccccc2C)NN1. The van der Waals surface area contributed by atoms with E-state index in [2.05, 4.69) is 36.8 Å². The zero-order valence-electron chi connectivity index (χ0n) is 14.5. The molecule has 0 aliphatic carbocycles. The Morgan fingerprint density at radius 2 is 2.13 bits per heavy atom. The van der Waals surface area contributed by atoms with E-state index in [-0.39, 0.29) is 11.9 Å². The van der Waals surface area contributed by atoms with E-state index < -0.39 is 0 Å². The van der Waals surface area contributed by atoms with Crippen molar-refractivity contribution >= 4 is 5.91 Å². The molecule has 0 radical (unpaired) electrons. The Balaban J connectivity index is 2.02. The lowest BCUT2D eigenvalue weighted by atomic mass is 10.0. The van der Waals surface area contributed by atoms with Crippen molar-refractivity contribution in [2.75, 3.05) is 20.3 Å². The van der Waals surface area contributed by atoms with Crippen LogP contribution in [-0.4, -0.2) is 43.2 Å². The number of benzene rings is 1. The predicted molar refractivity (Wildman–Crippen MR) is 91.8 cm³/mol. The van der Waals surface area contributed by atoms with Crippen LogP contribution < -0.4 is 10.9 Å². The van der Waals surface area contributed by atoms with Gasteiger partial charge in [-0.3, -0.25) is 10.2 Å². The van der Waals surface area contributed by atoms with Crippen LogP contribution in [0.3, 0.4) is 0 Å². The van der Waals surface area contributed by atoms with Crippen LogP contribution in [0.2, 0.25) is 0 Å². The number of ether oxygens (including phenoxy) is 1. The number of nitrogens with zero attached hydrogens (tertiary/aromatic N) is 1. The fourth-order valence-electron chi connectivity index (χ4n) is 3.00. The number of hydrogen-bond donors (Lipinski definition) is 2. The number of amides is 1. The van der Waals surface area contributed by atoms with Crippen LogP contribution in [0.25, 0.3) is 0 Å². The highest BCUT2D eigenvalue weighted by Crippen LogP contribution is 2.16. The summed E-state index contributed by atoms with van der Waals surface area (Å²) in [6, 6.07) is 8.46. The molecule has 1 aliphatic rings. The summed E-state index contributed by atoms with van der Waals surface area (Å²) < 4.78 is 5.18. The van der Waals surface area contributed by atoms with Gasteiger partial charge in [0.2, 0.25) is 5.91 Å². The molecule has 23 heavy (non-hydrogen) atoms. The molecule has 0 bridgehead atoms. The molecular formula is C18H29N3O2. The molecule has 0 saturated carbocycles. The molecule has 5 heteroatoms. The van der Waals surface area contributed by atoms with Crippen molar-refractivity contribution in [2.24, 2.45) is 0 Å². The fourth-order valence-corrected chi connectivity index (χ4v) is 3.00. The van der Waals surface area contributed by atoms with Crippen LogP contribution >= 0.6 is 0 Å². The standard InChI is InChI=1S/C18H29N3O2/c1-4-7-16-12-17(20-19-16)18(22)21(10-11-23-3)13-15-9-6-5-8-14(15)2/h5-6,8-9,16-17,19-20H,4,7,10-13H2,1-3H3. The van der Waals surface area contributed by atoms with Crippen molar-refractivity contribution in [2.45, 2.75) is 51.7 Å². The van der Waals surface area contributed by atoms with E-state index in [1.54, 1.807) is 7.11 Å². The Morgan fingerprint density at radius 3 is 2.83 bits per heavy atom. The highest BCUT2D eigenvalue weighted by molar-refractivity contribution is 5.82. The van der Waals surface area contributed by atoms with Crippen LogP contribution in [0.1, 0.15) is 37.3 Å². The van der Waals surface area contributed by atoms with Crippen molar-refractivity contribution in [3.05, 3.63) is 35.4 Å². The number of aryl methyl sites for hydroxylation is 1. The molecule has 2 atom stereocenters. The van der Waals surface area contributed by atoms with E-state index in [1.807, 2.05) is 17.0 Å². The summed E-state index contributed by atoms with van der Waals surface area (Å²) >= 11 is 0. The largest absolute Gasteiger partial charge is 0.383 e. The van der Waals surface area contributed by atoms with Crippen molar-refractivity contribution in [1.82, 2.24) is 15.8 Å². The number of methoxy groups -OCH3 is 1. The first-order chi connectivity index (χ1) is 11.2. The molecule has 1 saturated heterocycles. The van der Waals surface area contributed by atoms with E-state index in [0.717, 1.165) is 19.3 Å². The summed E-state index contributed by atoms with van der Waals surface area (Å²) in [6.07, 6.45) is 3.06. The highest BCUT2D eigenvalue weighted by atomic mass is 16.5. The second-order valence-corrected chi connectivity index (χ2v) is 6.24. The van der Waals surface area contributed by atoms with E-state index in [0.29, 0.717) is 25.7 Å². The molecule has 2 rings (SSSR count). The molecule has 5 nitrogen and oxygen atoms in total. The van der Waals surface area contributed by atoms with Crippen LogP contribution in [-0.2, 0) is 16.1 Å². The van der Waals surface area contributed by atoms with Crippen LogP contribution in [0.5, 0.6) is 0 Å². The number of rotatable bonds is 8. The monoisotopic (exact) mass is 319 g/mol. The molecule has 1 aromatic carbocycles. The normalized spacial score (nSPS) is 20.7. The third kappa shape index (κ3) is 5.03. The number of hydrogen-bond acceptors (Lipinski definition) is 4. The van der Waals surface area contributed by atoms with Crippen molar-refractivity contribution in [3.8, 4) is 0 Å². The summed E-state index contributed by atoms with van der Waals surface area (Å²) in [5.74, 6) is 0.149. The van der Waals surface area contributed by atoms with Crippen LogP contribution in [0.4, 0.5) is 0 Å². The fraction of sp³-hybridized carbons (Fsp3) is 0.611. The van der Waals surface area contributed by atoms with Gasteiger partial charge in [0.05, 0.1) is 6.61 Å². The quantitative estimate of drug-likeness (QED) is 0.769. The van der Waals surface area contributed by atoms with E-state index in [1.165, 1.54) is 11.1 Å². The Bertz CT molecular complexity index is 507. The van der Waals surface area contributed by atoms with Gasteiger partial charge < -0.3 is 9.64 Å². The lowest BCUT2D eigenvalue weighted by molar-refractivity contribution is -0.134. The summed E-state index contributed by atoms with van der Waals surface area (Å²) in [5, 5.41) is 0. The number of nitrogens with one attached hydrogen (secondary N) is 2. The predicted octanol–water partition coefficient (Wildman–Crippen LogP) is 2.01. The first kappa shape index (κ1) is 17.9. The van der Waals surface area contributed by atoms with E-state index in [9.17, 15) is 4.79 Å². The van der Waals surface area contributed by atoms with Gasteiger partial charge in [0.15, 0.2) is 0 Å². The highest BCUT2D eigenvalue weighted by Gasteiger charge is 2.31. The van der Waals surface area contributed by atoms with Gasteiger partial charge in [-0.25, -0.2) is 5.43 Å². The van der Waals surface area contributed by atoms with Crippen molar-refractivity contribution in [1.29, 1.82) is 0 Å². The molecule has 1 aliphatic heterocycles. The average molecular weight is 319 g/mol. The molecular weight excluding hydrogens is 290 g/mol. The van der Waals surface area contributed by atoms with Gasteiger partial charge in [-0.1, -0.05) is 37.6 Å². The van der Waals surface area contributed by atoms with Gasteiger partial charge in [0.25, 0.3) is 0 Å². The Kier molecular flexibility index (Phi) is 7.02. The molecule has 1 aromatic rings. The number of carbonyl (C=O) groups excluding carboxylic acids is 1. The summed E-state index contributed by atoms with van der Waals surface area (Å²) in [6.45, 7) is 6.04. The maximum atomic E-state index is 12.9. The third-order valence-corrected chi connectivity index (χ3v) is 4.42. The first-order valence-electron chi connectivity index (χ1n) is 8.49. The maximum absolute atomic E-state index is 12.9. The molecule has 0 aromatic heterocycles. The van der Waals surface area contributed by atoms with Gasteiger partial charge in [0, 0.05) is 26.2 Å². The minimum Gasteiger partial charge on any atom is -0.383 e. The minimum atomic E-state index is -0.146. The van der Waals surface area contributed by atoms with E-state index in [4.69, 9.17) is 4.74 Å². The van der Waals surface area contributed by atoms with Gasteiger partial charge >= 0.3 is 0 Å². The topological polar surface area (TPSA) is 53.6 Å². The van der Waals surface area contributed by atoms with Gasteiger partial charge in [-0.15, -0.1) is 0 Å². The van der Waals surface area contributed by atoms with Gasteiger partial charge in [0.1, 0.15) is 6.04 Å².